The second-order valence-electron chi connectivity index (χ2n) is 4.54. The fourth-order valence-corrected chi connectivity index (χ4v) is 2.12. The molecule has 0 fully saturated rings. The van der Waals surface area contributed by atoms with Gasteiger partial charge >= 0.3 is 0 Å². The molecule has 0 spiro atoms. The number of rotatable bonds is 5. The van der Waals surface area contributed by atoms with E-state index in [1.165, 1.54) is 6.07 Å². The molecular weight excluding hydrogens is 337 g/mol. The first-order valence-electron chi connectivity index (χ1n) is 6.49. The summed E-state index contributed by atoms with van der Waals surface area (Å²) in [5.74, 6) is 0.205. The second kappa shape index (κ2) is 7.22. The van der Waals surface area contributed by atoms with Gasteiger partial charge in [-0.05, 0) is 52.7 Å². The van der Waals surface area contributed by atoms with Gasteiger partial charge in [0.1, 0.15) is 11.6 Å². The highest BCUT2D eigenvalue weighted by atomic mass is 79.9. The molecule has 3 nitrogen and oxygen atoms in total. The summed E-state index contributed by atoms with van der Waals surface area (Å²) < 4.78 is 19.1. The van der Waals surface area contributed by atoms with Crippen molar-refractivity contribution in [3.63, 3.8) is 0 Å². The summed E-state index contributed by atoms with van der Waals surface area (Å²) in [5.41, 5.74) is 1.26. The Morgan fingerprint density at radius 2 is 2.00 bits per heavy atom. The smallest absolute Gasteiger partial charge is 0.227 e. The maximum atomic E-state index is 13.3. The third-order valence-electron chi connectivity index (χ3n) is 2.88. The first kappa shape index (κ1) is 15.5. The summed E-state index contributed by atoms with van der Waals surface area (Å²) in [6, 6.07) is 12.2. The van der Waals surface area contributed by atoms with Crippen LogP contribution in [0.25, 0.3) is 0 Å². The SMILES string of the molecule is Cc1cc(F)c(Br)cc1NC(=O)CCOc1ccccc1. The van der Waals surface area contributed by atoms with Crippen molar-refractivity contribution in [3.8, 4) is 5.75 Å². The summed E-state index contributed by atoms with van der Waals surface area (Å²) in [6.45, 7) is 2.03. The van der Waals surface area contributed by atoms with Gasteiger partial charge in [-0.3, -0.25) is 4.79 Å². The Morgan fingerprint density at radius 1 is 1.29 bits per heavy atom. The number of carbonyl (C=O) groups excluding carboxylic acids is 1. The predicted molar refractivity (Wildman–Crippen MR) is 84.0 cm³/mol. The maximum absolute atomic E-state index is 13.3. The standard InChI is InChI=1S/C16H15BrFNO2/c1-11-9-14(18)13(17)10-15(11)19-16(20)7-8-21-12-5-3-2-4-6-12/h2-6,9-10H,7-8H2,1H3,(H,19,20). The number of amides is 1. The molecule has 2 aromatic rings. The van der Waals surface area contributed by atoms with Gasteiger partial charge in [0.15, 0.2) is 0 Å². The van der Waals surface area contributed by atoms with E-state index in [1.54, 1.807) is 13.0 Å². The zero-order chi connectivity index (χ0) is 15.2. The van der Waals surface area contributed by atoms with Crippen molar-refractivity contribution in [2.75, 3.05) is 11.9 Å². The highest BCUT2D eigenvalue weighted by molar-refractivity contribution is 9.10. The molecule has 0 aliphatic carbocycles. The number of aryl methyl sites for hydroxylation is 1. The van der Waals surface area contributed by atoms with E-state index in [1.807, 2.05) is 30.3 Å². The average Bonchev–Trinajstić information content (AvgIpc) is 2.46. The van der Waals surface area contributed by atoms with E-state index in [0.717, 1.165) is 5.75 Å². The van der Waals surface area contributed by atoms with Crippen LogP contribution in [0.5, 0.6) is 5.75 Å². The lowest BCUT2D eigenvalue weighted by Crippen LogP contribution is -2.16. The Hall–Kier alpha value is -1.88. The molecule has 0 radical (unpaired) electrons. The summed E-state index contributed by atoms with van der Waals surface area (Å²) in [6.07, 6.45) is 0.226. The van der Waals surface area contributed by atoms with Crippen molar-refractivity contribution in [1.82, 2.24) is 0 Å². The van der Waals surface area contributed by atoms with Crippen LogP contribution in [0.15, 0.2) is 46.9 Å². The van der Waals surface area contributed by atoms with Crippen molar-refractivity contribution in [2.45, 2.75) is 13.3 Å². The molecule has 2 rings (SSSR count). The minimum Gasteiger partial charge on any atom is -0.493 e. The zero-order valence-electron chi connectivity index (χ0n) is 11.5. The molecule has 2 aromatic carbocycles. The number of hydrogen-bond acceptors (Lipinski definition) is 2. The fourth-order valence-electron chi connectivity index (χ4n) is 1.77. The Kier molecular flexibility index (Phi) is 5.33. The van der Waals surface area contributed by atoms with Crippen molar-refractivity contribution in [2.24, 2.45) is 0 Å². The minimum absolute atomic E-state index is 0.174. The number of carbonyl (C=O) groups is 1. The zero-order valence-corrected chi connectivity index (χ0v) is 13.1. The molecule has 0 saturated heterocycles. The third kappa shape index (κ3) is 4.56. The quantitative estimate of drug-likeness (QED) is 0.871. The lowest BCUT2D eigenvalue weighted by atomic mass is 10.2. The van der Waals surface area contributed by atoms with Crippen molar-refractivity contribution in [3.05, 3.63) is 58.3 Å². The third-order valence-corrected chi connectivity index (χ3v) is 3.49. The molecule has 1 amide bonds. The van der Waals surface area contributed by atoms with Gasteiger partial charge in [0.25, 0.3) is 0 Å². The molecule has 0 unspecified atom stereocenters. The van der Waals surface area contributed by atoms with Gasteiger partial charge in [0.05, 0.1) is 17.5 Å². The van der Waals surface area contributed by atoms with E-state index >= 15 is 0 Å². The van der Waals surface area contributed by atoms with Gasteiger partial charge in [0, 0.05) is 5.69 Å². The first-order valence-corrected chi connectivity index (χ1v) is 7.29. The van der Waals surface area contributed by atoms with E-state index in [-0.39, 0.29) is 24.8 Å². The molecule has 0 heterocycles. The van der Waals surface area contributed by atoms with Gasteiger partial charge in [-0.2, -0.15) is 0 Å². The highest BCUT2D eigenvalue weighted by Crippen LogP contribution is 2.24. The van der Waals surface area contributed by atoms with Gasteiger partial charge in [-0.15, -0.1) is 0 Å². The van der Waals surface area contributed by atoms with E-state index < -0.39 is 0 Å². The van der Waals surface area contributed by atoms with Crippen LogP contribution in [0, 0.1) is 12.7 Å². The van der Waals surface area contributed by atoms with Gasteiger partial charge in [0.2, 0.25) is 5.91 Å². The van der Waals surface area contributed by atoms with Gasteiger partial charge in [-0.25, -0.2) is 4.39 Å². The second-order valence-corrected chi connectivity index (χ2v) is 5.40. The van der Waals surface area contributed by atoms with Crippen LogP contribution >= 0.6 is 15.9 Å². The van der Waals surface area contributed by atoms with Crippen LogP contribution in [0.2, 0.25) is 0 Å². The molecule has 110 valence electrons. The molecule has 0 aliphatic rings. The number of nitrogens with one attached hydrogen (secondary N) is 1. The maximum Gasteiger partial charge on any atom is 0.227 e. The van der Waals surface area contributed by atoms with Gasteiger partial charge in [-0.1, -0.05) is 18.2 Å². The minimum atomic E-state index is -0.349. The number of hydrogen-bond donors (Lipinski definition) is 1. The Labute approximate surface area is 131 Å². The van der Waals surface area contributed by atoms with Crippen LogP contribution < -0.4 is 10.1 Å². The molecular formula is C16H15BrFNO2. The Bertz CT molecular complexity index is 632. The molecule has 21 heavy (non-hydrogen) atoms. The Balaban J connectivity index is 1.86. The Morgan fingerprint density at radius 3 is 2.71 bits per heavy atom. The number of anilines is 1. The molecule has 5 heteroatoms. The van der Waals surface area contributed by atoms with E-state index in [2.05, 4.69) is 21.2 Å². The predicted octanol–water partition coefficient (Wildman–Crippen LogP) is 4.30. The molecule has 0 bridgehead atoms. The lowest BCUT2D eigenvalue weighted by molar-refractivity contribution is -0.116. The summed E-state index contributed by atoms with van der Waals surface area (Å²) in [5, 5.41) is 2.75. The normalized spacial score (nSPS) is 10.2. The summed E-state index contributed by atoms with van der Waals surface area (Å²) >= 11 is 3.10. The number of benzene rings is 2. The van der Waals surface area contributed by atoms with Crippen molar-refractivity contribution in [1.29, 1.82) is 0 Å². The van der Waals surface area contributed by atoms with E-state index in [9.17, 15) is 9.18 Å². The molecule has 0 atom stereocenters. The number of halogens is 2. The van der Waals surface area contributed by atoms with Crippen molar-refractivity contribution < 1.29 is 13.9 Å². The number of ether oxygens (including phenoxy) is 1. The monoisotopic (exact) mass is 351 g/mol. The van der Waals surface area contributed by atoms with Crippen LogP contribution in [0.1, 0.15) is 12.0 Å². The van der Waals surface area contributed by atoms with Crippen molar-refractivity contribution >= 4 is 27.5 Å². The molecule has 0 saturated carbocycles. The summed E-state index contributed by atoms with van der Waals surface area (Å²) in [4.78, 5) is 11.9. The average molecular weight is 352 g/mol. The highest BCUT2D eigenvalue weighted by Gasteiger charge is 2.08. The fraction of sp³-hybridized carbons (Fsp3) is 0.188. The van der Waals surface area contributed by atoms with Gasteiger partial charge < -0.3 is 10.1 Å². The lowest BCUT2D eigenvalue weighted by Gasteiger charge is -2.10. The molecule has 0 aromatic heterocycles. The van der Waals surface area contributed by atoms with Crippen LogP contribution in [-0.2, 0) is 4.79 Å². The van der Waals surface area contributed by atoms with E-state index in [4.69, 9.17) is 4.74 Å². The molecule has 1 N–H and O–H groups in total. The van der Waals surface area contributed by atoms with Crippen LogP contribution in [0.4, 0.5) is 10.1 Å². The first-order chi connectivity index (χ1) is 10.1. The van der Waals surface area contributed by atoms with E-state index in [0.29, 0.717) is 15.7 Å². The molecule has 0 aliphatic heterocycles. The topological polar surface area (TPSA) is 38.3 Å². The largest absolute Gasteiger partial charge is 0.493 e. The summed E-state index contributed by atoms with van der Waals surface area (Å²) in [7, 11) is 0. The number of para-hydroxylation sites is 1. The van der Waals surface area contributed by atoms with Crippen LogP contribution in [0.3, 0.4) is 0 Å². The van der Waals surface area contributed by atoms with Crippen LogP contribution in [-0.4, -0.2) is 12.5 Å².